The summed E-state index contributed by atoms with van der Waals surface area (Å²) in [5.74, 6) is 1.81. The Morgan fingerprint density at radius 1 is 1.28 bits per heavy atom. The minimum absolute atomic E-state index is 0.0310. The Morgan fingerprint density at radius 2 is 2.02 bits per heavy atom. The number of likely N-dealkylation sites (N-methyl/N-ethyl adjacent to an activating group) is 2. The van der Waals surface area contributed by atoms with Crippen molar-refractivity contribution in [2.24, 2.45) is 0 Å². The summed E-state index contributed by atoms with van der Waals surface area (Å²) in [5.41, 5.74) is 7.78. The maximum absolute atomic E-state index is 10.7. The summed E-state index contributed by atoms with van der Waals surface area (Å²) < 4.78 is 6.25. The van der Waals surface area contributed by atoms with Gasteiger partial charge in [0.05, 0.1) is 22.1 Å². The zero-order chi connectivity index (χ0) is 33.0. The van der Waals surface area contributed by atoms with E-state index in [0.717, 1.165) is 73.3 Å². The predicted octanol–water partition coefficient (Wildman–Crippen LogP) is 4.60. The topological polar surface area (TPSA) is 188 Å². The van der Waals surface area contributed by atoms with Gasteiger partial charge in [-0.1, -0.05) is 5.16 Å². The maximum Gasteiger partial charge on any atom is 0.186 e. The standard InChI is InChI=1S/C33H42N10O2S/c1-18(22-10-8-14-42(22)4)38-29-24(21(36)16-35)31(43(5)17-32(2,3)44)40-30(39-29)26-19-9-6-12-33(27(19)45-41-26)13-7-11-23-25(33)20(15-34)28(37)46-23/h18,22,36,44H,6-14,17,37H2,1-5H3,(H,38,39,40). The van der Waals surface area contributed by atoms with Crippen molar-refractivity contribution in [1.82, 2.24) is 20.0 Å². The van der Waals surface area contributed by atoms with Gasteiger partial charge < -0.3 is 30.5 Å². The summed E-state index contributed by atoms with van der Waals surface area (Å²) in [7, 11) is 3.90. The van der Waals surface area contributed by atoms with Gasteiger partial charge in [-0.25, -0.2) is 9.97 Å². The second-order valence-electron chi connectivity index (χ2n) is 13.8. The van der Waals surface area contributed by atoms with Gasteiger partial charge in [-0.3, -0.25) is 5.41 Å². The molecule has 3 unspecified atom stereocenters. The van der Waals surface area contributed by atoms with E-state index in [2.05, 4.69) is 35.4 Å². The number of nitriles is 2. The quantitative estimate of drug-likeness (QED) is 0.251. The average Bonchev–Trinajstić information content (AvgIpc) is 3.72. The number of hydrogen-bond donors (Lipinski definition) is 4. The number of fused-ring (bicyclic) bond motifs is 4. The van der Waals surface area contributed by atoms with Crippen molar-refractivity contribution in [2.45, 2.75) is 95.2 Å². The molecule has 1 saturated heterocycles. The van der Waals surface area contributed by atoms with E-state index in [1.54, 1.807) is 25.8 Å². The number of aromatic nitrogens is 3. The molecule has 0 amide bonds. The van der Waals surface area contributed by atoms with E-state index >= 15 is 0 Å². The molecule has 3 aliphatic rings. The molecule has 0 saturated carbocycles. The third-order valence-corrected chi connectivity index (χ3v) is 10.9. The molecule has 13 heteroatoms. The molecule has 3 aromatic heterocycles. The van der Waals surface area contributed by atoms with Crippen LogP contribution in [0, 0.1) is 28.1 Å². The molecule has 46 heavy (non-hydrogen) atoms. The first-order valence-electron chi connectivity index (χ1n) is 16.0. The van der Waals surface area contributed by atoms with Gasteiger partial charge in [0.2, 0.25) is 0 Å². The van der Waals surface area contributed by atoms with Gasteiger partial charge in [-0.05, 0) is 91.3 Å². The first-order valence-corrected chi connectivity index (χ1v) is 16.8. The zero-order valence-electron chi connectivity index (χ0n) is 27.2. The van der Waals surface area contributed by atoms with Crippen LogP contribution < -0.4 is 16.0 Å². The van der Waals surface area contributed by atoms with E-state index in [9.17, 15) is 15.6 Å². The number of nitrogens with two attached hydrogens (primary N) is 1. The Labute approximate surface area is 273 Å². The lowest BCUT2D eigenvalue weighted by atomic mass is 9.63. The van der Waals surface area contributed by atoms with Crippen molar-refractivity contribution in [3.05, 3.63) is 32.9 Å². The van der Waals surface area contributed by atoms with Crippen molar-refractivity contribution in [1.29, 1.82) is 15.9 Å². The first-order chi connectivity index (χ1) is 21.9. The van der Waals surface area contributed by atoms with Gasteiger partial charge in [-0.15, -0.1) is 11.3 Å². The number of nitrogens with zero attached hydrogens (tertiary/aromatic N) is 7. The highest BCUT2D eigenvalue weighted by molar-refractivity contribution is 7.16. The molecule has 0 radical (unpaired) electrons. The van der Waals surface area contributed by atoms with E-state index in [4.69, 9.17) is 25.6 Å². The van der Waals surface area contributed by atoms with Crippen molar-refractivity contribution in [3.8, 4) is 23.7 Å². The number of nitrogen functional groups attached to an aromatic ring is 1. The lowest BCUT2D eigenvalue weighted by Gasteiger charge is -2.39. The van der Waals surface area contributed by atoms with Crippen molar-refractivity contribution in [3.63, 3.8) is 0 Å². The first kappa shape index (κ1) is 31.9. The van der Waals surface area contributed by atoms with Crippen LogP contribution in [-0.2, 0) is 18.3 Å². The van der Waals surface area contributed by atoms with Crippen LogP contribution in [0.4, 0.5) is 16.6 Å². The minimum Gasteiger partial charge on any atom is -0.389 e. The highest BCUT2D eigenvalue weighted by Gasteiger charge is 2.49. The van der Waals surface area contributed by atoms with Crippen LogP contribution in [0.1, 0.15) is 92.2 Å². The lowest BCUT2D eigenvalue weighted by molar-refractivity contribution is 0.0884. The summed E-state index contributed by atoms with van der Waals surface area (Å²) in [6.07, 6.45) is 7.24. The highest BCUT2D eigenvalue weighted by Crippen LogP contribution is 2.55. The maximum atomic E-state index is 10.7. The van der Waals surface area contributed by atoms with Crippen LogP contribution in [-0.4, -0.2) is 75.7 Å². The van der Waals surface area contributed by atoms with Crippen LogP contribution in [0.25, 0.3) is 11.5 Å². The molecule has 1 spiro atoms. The number of anilines is 3. The highest BCUT2D eigenvalue weighted by atomic mass is 32.1. The SMILES string of the molecule is CC(Nc1nc(-c2noc3c2CCCC32CCCc3sc(N)c(C#N)c32)nc(N(C)CC(C)(C)O)c1C(=N)C#N)C1CCCN1C. The largest absolute Gasteiger partial charge is 0.389 e. The average molecular weight is 643 g/mol. The Hall–Kier alpha value is -4.04. The smallest absolute Gasteiger partial charge is 0.186 e. The van der Waals surface area contributed by atoms with E-state index in [0.29, 0.717) is 40.1 Å². The van der Waals surface area contributed by atoms with Gasteiger partial charge in [-0.2, -0.15) is 10.5 Å². The molecule has 6 rings (SSSR count). The Bertz CT molecular complexity index is 1750. The number of nitrogens with one attached hydrogen (secondary N) is 2. The summed E-state index contributed by atoms with van der Waals surface area (Å²) in [4.78, 5) is 15.1. The predicted molar refractivity (Wildman–Crippen MR) is 178 cm³/mol. The molecule has 3 atom stereocenters. The zero-order valence-corrected chi connectivity index (χ0v) is 28.0. The third kappa shape index (κ3) is 5.40. The second kappa shape index (κ2) is 12.0. The molecule has 1 fully saturated rings. The number of thiophene rings is 1. The van der Waals surface area contributed by atoms with Gasteiger partial charge in [0.25, 0.3) is 0 Å². The molecule has 3 aromatic rings. The fourth-order valence-electron chi connectivity index (χ4n) is 7.97. The number of aliphatic hydroxyl groups is 1. The summed E-state index contributed by atoms with van der Waals surface area (Å²) in [5, 5.41) is 48.1. The molecule has 4 heterocycles. The molecule has 12 nitrogen and oxygen atoms in total. The summed E-state index contributed by atoms with van der Waals surface area (Å²) in [6, 6.07) is 4.59. The second-order valence-corrected chi connectivity index (χ2v) is 14.9. The van der Waals surface area contributed by atoms with E-state index in [1.807, 2.05) is 6.07 Å². The molecule has 0 bridgehead atoms. The van der Waals surface area contributed by atoms with Gasteiger partial charge in [0, 0.05) is 36.1 Å². The van der Waals surface area contributed by atoms with E-state index < -0.39 is 11.0 Å². The molecule has 1 aliphatic heterocycles. The summed E-state index contributed by atoms with van der Waals surface area (Å²) in [6.45, 7) is 6.71. The summed E-state index contributed by atoms with van der Waals surface area (Å²) >= 11 is 1.51. The lowest BCUT2D eigenvalue weighted by Crippen LogP contribution is -2.40. The third-order valence-electron chi connectivity index (χ3n) is 9.83. The molecular weight excluding hydrogens is 600 g/mol. The Kier molecular flexibility index (Phi) is 8.30. The fraction of sp³-hybridized carbons (Fsp3) is 0.576. The Balaban J connectivity index is 1.52. The van der Waals surface area contributed by atoms with Crippen LogP contribution >= 0.6 is 11.3 Å². The number of rotatable bonds is 8. The van der Waals surface area contributed by atoms with Gasteiger partial charge >= 0.3 is 0 Å². The van der Waals surface area contributed by atoms with Gasteiger partial charge in [0.15, 0.2) is 17.3 Å². The van der Waals surface area contributed by atoms with Crippen LogP contribution in [0.2, 0.25) is 0 Å². The fourth-order valence-corrected chi connectivity index (χ4v) is 9.13. The van der Waals surface area contributed by atoms with Crippen LogP contribution in [0.3, 0.4) is 0 Å². The molecule has 242 valence electrons. The molecular formula is C33H42N10O2S. The normalized spacial score (nSPS) is 21.7. The number of likely N-dealkylation sites (tertiary alicyclic amines) is 1. The van der Waals surface area contributed by atoms with Crippen molar-refractivity contribution >= 4 is 33.7 Å². The monoisotopic (exact) mass is 642 g/mol. The number of aryl methyl sites for hydroxylation is 1. The van der Waals surface area contributed by atoms with Crippen LogP contribution in [0.15, 0.2) is 4.52 Å². The molecule has 0 aromatic carbocycles. The van der Waals surface area contributed by atoms with Crippen molar-refractivity contribution < 1.29 is 9.63 Å². The van der Waals surface area contributed by atoms with Crippen molar-refractivity contribution in [2.75, 3.05) is 43.1 Å². The Morgan fingerprint density at radius 3 is 2.67 bits per heavy atom. The number of hydrogen-bond acceptors (Lipinski definition) is 13. The van der Waals surface area contributed by atoms with E-state index in [-0.39, 0.29) is 29.9 Å². The minimum atomic E-state index is -1.07. The molecule has 2 aliphatic carbocycles. The van der Waals surface area contributed by atoms with E-state index in [1.165, 1.54) is 11.3 Å². The molecule has 5 N–H and O–H groups in total. The van der Waals surface area contributed by atoms with Gasteiger partial charge in [0.1, 0.15) is 34.5 Å². The van der Waals surface area contributed by atoms with Crippen LogP contribution in [0.5, 0.6) is 0 Å².